The molecule has 0 amide bonds. The summed E-state index contributed by atoms with van der Waals surface area (Å²) in [5.41, 5.74) is 0. The van der Waals surface area contributed by atoms with Gasteiger partial charge in [0.15, 0.2) is 0 Å². The summed E-state index contributed by atoms with van der Waals surface area (Å²) in [5.74, 6) is -0.586. The van der Waals surface area contributed by atoms with Crippen molar-refractivity contribution in [2.75, 3.05) is 0 Å². The van der Waals surface area contributed by atoms with Crippen LogP contribution >= 0.6 is 0 Å². The number of alkyl halides is 2. The van der Waals surface area contributed by atoms with Crippen molar-refractivity contribution in [1.82, 2.24) is 0 Å². The second kappa shape index (κ2) is 5.06. The molecule has 0 aliphatic heterocycles. The van der Waals surface area contributed by atoms with Gasteiger partial charge < -0.3 is 8.95 Å². The van der Waals surface area contributed by atoms with Crippen LogP contribution in [0.3, 0.4) is 0 Å². The van der Waals surface area contributed by atoms with Gasteiger partial charge in [-0.3, -0.25) is 0 Å². The molecule has 0 fully saturated rings. The Balaban J connectivity index is 4.54. The van der Waals surface area contributed by atoms with Crippen molar-refractivity contribution in [3.8, 4) is 0 Å². The van der Waals surface area contributed by atoms with Gasteiger partial charge in [-0.1, -0.05) is 5.16 Å². The lowest BCUT2D eigenvalue weighted by atomic mass is 10.7. The minimum absolute atomic E-state index is 0.586. The first kappa shape index (κ1) is 14.6. The highest BCUT2D eigenvalue weighted by molar-refractivity contribution is 6.71. The molecule has 0 N–H and O–H groups in total. The number of hydrogen-bond donors (Lipinski definition) is 0. The van der Waals surface area contributed by atoms with Gasteiger partial charge in [-0.2, -0.15) is 8.78 Å². The number of oxime groups is 1. The Morgan fingerprint density at radius 1 is 1.00 bits per heavy atom. The van der Waals surface area contributed by atoms with Crippen molar-refractivity contribution < 1.29 is 17.7 Å². The molecule has 7 heteroatoms. The minimum atomic E-state index is -2.71. The SMILES string of the molecule is C[Si](C)(C)ON=C(O[Si](C)(C)C)C(F)F. The third-order valence-electron chi connectivity index (χ3n) is 1.01. The highest BCUT2D eigenvalue weighted by atomic mass is 28.4. The van der Waals surface area contributed by atoms with E-state index < -0.39 is 29.0 Å². The van der Waals surface area contributed by atoms with Crippen molar-refractivity contribution in [3.63, 3.8) is 0 Å². The summed E-state index contributed by atoms with van der Waals surface area (Å²) in [6.07, 6.45) is -2.71. The van der Waals surface area contributed by atoms with E-state index in [9.17, 15) is 8.78 Å². The van der Waals surface area contributed by atoms with E-state index in [4.69, 9.17) is 8.95 Å². The largest absolute Gasteiger partial charge is 0.528 e. The van der Waals surface area contributed by atoms with E-state index in [0.717, 1.165) is 0 Å². The smallest absolute Gasteiger partial charge is 0.314 e. The Labute approximate surface area is 91.7 Å². The van der Waals surface area contributed by atoms with Crippen molar-refractivity contribution >= 4 is 22.5 Å². The molecule has 0 aliphatic carbocycles. The zero-order valence-electron chi connectivity index (χ0n) is 10.1. The summed E-state index contributed by atoms with van der Waals surface area (Å²) < 4.78 is 35.2. The number of nitrogens with zero attached hydrogens (tertiary/aromatic N) is 1. The van der Waals surface area contributed by atoms with Crippen LogP contribution in [0.5, 0.6) is 0 Å². The van der Waals surface area contributed by atoms with E-state index >= 15 is 0 Å². The van der Waals surface area contributed by atoms with Gasteiger partial charge in [0.05, 0.1) is 0 Å². The predicted octanol–water partition coefficient (Wildman–Crippen LogP) is 3.27. The first-order valence-corrected chi connectivity index (χ1v) is 11.6. The van der Waals surface area contributed by atoms with E-state index in [-0.39, 0.29) is 0 Å². The van der Waals surface area contributed by atoms with Crippen molar-refractivity contribution in [2.24, 2.45) is 5.16 Å². The summed E-state index contributed by atoms with van der Waals surface area (Å²) in [6, 6.07) is 0. The van der Waals surface area contributed by atoms with Gasteiger partial charge in [0, 0.05) is 0 Å². The van der Waals surface area contributed by atoms with Gasteiger partial charge in [0.25, 0.3) is 14.2 Å². The molecule has 0 aromatic carbocycles. The number of halogens is 2. The van der Waals surface area contributed by atoms with Crippen molar-refractivity contribution in [2.45, 2.75) is 45.7 Å². The molecule has 0 unspecified atom stereocenters. The molecule has 0 heterocycles. The molecule has 15 heavy (non-hydrogen) atoms. The average molecular weight is 255 g/mol. The molecule has 0 bridgehead atoms. The molecule has 0 aliphatic rings. The van der Waals surface area contributed by atoms with Crippen molar-refractivity contribution in [3.05, 3.63) is 0 Å². The van der Waals surface area contributed by atoms with Crippen LogP contribution in [0, 0.1) is 0 Å². The molecule has 0 saturated heterocycles. The summed E-state index contributed by atoms with van der Waals surface area (Å²) in [6.45, 7) is 11.1. The highest BCUT2D eigenvalue weighted by Gasteiger charge is 2.26. The predicted molar refractivity (Wildman–Crippen MR) is 62.3 cm³/mol. The Bertz CT molecular complexity index is 234. The topological polar surface area (TPSA) is 30.8 Å². The molecule has 0 atom stereocenters. The first-order valence-electron chi connectivity index (χ1n) is 4.74. The molecule has 3 nitrogen and oxygen atoms in total. The Kier molecular flexibility index (Phi) is 4.92. The lowest BCUT2D eigenvalue weighted by molar-refractivity contribution is 0.187. The molecular weight excluding hydrogens is 236 g/mol. The molecule has 0 aromatic rings. The summed E-state index contributed by atoms with van der Waals surface area (Å²) >= 11 is 0. The third-order valence-corrected chi connectivity index (χ3v) is 2.47. The fraction of sp³-hybridized carbons (Fsp3) is 0.875. The first-order chi connectivity index (χ1) is 6.51. The van der Waals surface area contributed by atoms with E-state index in [1.807, 2.05) is 39.3 Å². The summed E-state index contributed by atoms with van der Waals surface area (Å²) in [7, 11) is -3.98. The van der Waals surface area contributed by atoms with Gasteiger partial charge >= 0.3 is 6.43 Å². The maximum Gasteiger partial charge on any atom is 0.314 e. The van der Waals surface area contributed by atoms with Crippen LogP contribution in [0.2, 0.25) is 39.3 Å². The van der Waals surface area contributed by atoms with Crippen LogP contribution in [-0.2, 0) is 8.95 Å². The molecule has 0 rings (SSSR count). The molecule has 0 spiro atoms. The van der Waals surface area contributed by atoms with Gasteiger partial charge in [0.2, 0.25) is 8.32 Å². The lowest BCUT2D eigenvalue weighted by Gasteiger charge is -2.21. The van der Waals surface area contributed by atoms with Crippen LogP contribution in [-0.4, -0.2) is 29.0 Å². The second-order valence-electron chi connectivity index (χ2n) is 5.15. The lowest BCUT2D eigenvalue weighted by Crippen LogP contribution is -2.34. The quantitative estimate of drug-likeness (QED) is 0.334. The van der Waals surface area contributed by atoms with Crippen molar-refractivity contribution in [1.29, 1.82) is 0 Å². The normalized spacial score (nSPS) is 14.3. The van der Waals surface area contributed by atoms with Crippen LogP contribution in [0.1, 0.15) is 0 Å². The molecule has 0 aromatic heterocycles. The molecular formula is C8H19F2NO2Si2. The third kappa shape index (κ3) is 8.55. The highest BCUT2D eigenvalue weighted by Crippen LogP contribution is 2.11. The van der Waals surface area contributed by atoms with E-state index in [1.165, 1.54) is 0 Å². The maximum atomic E-state index is 12.5. The Hall–Kier alpha value is -0.436. The summed E-state index contributed by atoms with van der Waals surface area (Å²) in [4.78, 5) is 0. The van der Waals surface area contributed by atoms with Crippen LogP contribution in [0.15, 0.2) is 5.16 Å². The Morgan fingerprint density at radius 3 is 1.73 bits per heavy atom. The monoisotopic (exact) mass is 255 g/mol. The maximum absolute atomic E-state index is 12.5. The Morgan fingerprint density at radius 2 is 1.47 bits per heavy atom. The van der Waals surface area contributed by atoms with Gasteiger partial charge in [0.1, 0.15) is 0 Å². The average Bonchev–Trinajstić information content (AvgIpc) is 1.93. The summed E-state index contributed by atoms with van der Waals surface area (Å²) in [5, 5.41) is 3.42. The van der Waals surface area contributed by atoms with E-state index in [0.29, 0.717) is 0 Å². The number of rotatable bonds is 4. The second-order valence-corrected chi connectivity index (χ2v) is 14.0. The van der Waals surface area contributed by atoms with Gasteiger partial charge in [-0.05, 0) is 39.3 Å². The zero-order valence-corrected chi connectivity index (χ0v) is 12.1. The molecule has 90 valence electrons. The molecule has 0 radical (unpaired) electrons. The zero-order chi connectivity index (χ0) is 12.3. The minimum Gasteiger partial charge on any atom is -0.528 e. The van der Waals surface area contributed by atoms with Gasteiger partial charge in [-0.25, -0.2) is 0 Å². The van der Waals surface area contributed by atoms with Gasteiger partial charge in [-0.15, -0.1) is 0 Å². The van der Waals surface area contributed by atoms with Crippen LogP contribution in [0.4, 0.5) is 8.78 Å². The van der Waals surface area contributed by atoms with Crippen LogP contribution in [0.25, 0.3) is 0 Å². The van der Waals surface area contributed by atoms with Crippen LogP contribution < -0.4 is 0 Å². The molecule has 0 saturated carbocycles. The fourth-order valence-corrected chi connectivity index (χ4v) is 1.72. The fourth-order valence-electron chi connectivity index (χ4n) is 0.599. The standard InChI is InChI=1S/C8H19F2NO2Si2/c1-14(2,3)12-8(7(9)10)11-13-15(4,5)6/h7H,1-6H3. The number of hydrogen-bond acceptors (Lipinski definition) is 3. The van der Waals surface area contributed by atoms with E-state index in [2.05, 4.69) is 5.16 Å². The van der Waals surface area contributed by atoms with E-state index in [1.54, 1.807) is 0 Å².